The number of aromatic amines is 1. The lowest BCUT2D eigenvalue weighted by molar-refractivity contribution is 0.413. The van der Waals surface area contributed by atoms with Crippen LogP contribution < -0.4 is 5.73 Å². The molecule has 1 fully saturated rings. The van der Waals surface area contributed by atoms with Gasteiger partial charge in [0.05, 0.1) is 10.7 Å². The van der Waals surface area contributed by atoms with Crippen molar-refractivity contribution >= 4 is 28.2 Å². The fraction of sp³-hybridized carbons (Fsp3) is 0.333. The summed E-state index contributed by atoms with van der Waals surface area (Å²) in [6.07, 6.45) is 3.93. The molecule has 1 aromatic carbocycles. The highest BCUT2D eigenvalue weighted by molar-refractivity contribution is 6.38. The predicted molar refractivity (Wildman–Crippen MR) is 64.3 cm³/mol. The van der Waals surface area contributed by atoms with E-state index in [9.17, 15) is 0 Å². The lowest BCUT2D eigenvalue weighted by Gasteiger charge is -2.23. The Kier molecular flexibility index (Phi) is 1.93. The van der Waals surface area contributed by atoms with E-state index in [-0.39, 0.29) is 0 Å². The first kappa shape index (κ1) is 9.10. The van der Waals surface area contributed by atoms with Gasteiger partial charge in [-0.2, -0.15) is 0 Å². The molecule has 0 amide bonds. The Bertz CT molecular complexity index is 512. The number of halogens is 1. The van der Waals surface area contributed by atoms with Crippen molar-refractivity contribution in [2.75, 3.05) is 5.73 Å². The van der Waals surface area contributed by atoms with E-state index in [2.05, 4.69) is 11.1 Å². The average molecular weight is 221 g/mol. The van der Waals surface area contributed by atoms with Gasteiger partial charge < -0.3 is 10.7 Å². The molecule has 1 aliphatic rings. The summed E-state index contributed by atoms with van der Waals surface area (Å²) in [5, 5.41) is 1.73. The summed E-state index contributed by atoms with van der Waals surface area (Å²) in [5.74, 6) is 0.703. The number of nitrogens with two attached hydrogens (primary N) is 1. The van der Waals surface area contributed by atoms with Crippen LogP contribution in [0.1, 0.15) is 30.9 Å². The maximum atomic E-state index is 6.16. The van der Waals surface area contributed by atoms with Gasteiger partial charge in [0.2, 0.25) is 0 Å². The minimum atomic E-state index is 0.656. The molecule has 0 spiro atoms. The zero-order valence-electron chi connectivity index (χ0n) is 8.39. The van der Waals surface area contributed by atoms with E-state index in [0.717, 1.165) is 10.9 Å². The minimum Gasteiger partial charge on any atom is -0.398 e. The highest BCUT2D eigenvalue weighted by Crippen LogP contribution is 2.39. The maximum absolute atomic E-state index is 6.16. The van der Waals surface area contributed by atoms with Crippen molar-refractivity contribution in [3.63, 3.8) is 0 Å². The van der Waals surface area contributed by atoms with E-state index in [1.807, 2.05) is 12.1 Å². The number of benzene rings is 1. The van der Waals surface area contributed by atoms with Crippen LogP contribution in [0.4, 0.5) is 5.69 Å². The quantitative estimate of drug-likeness (QED) is 0.708. The van der Waals surface area contributed by atoms with Gasteiger partial charge in [-0.3, -0.25) is 0 Å². The van der Waals surface area contributed by atoms with Crippen molar-refractivity contribution in [2.45, 2.75) is 25.2 Å². The summed E-state index contributed by atoms with van der Waals surface area (Å²) < 4.78 is 0. The molecule has 3 heteroatoms. The molecule has 1 aromatic heterocycles. The van der Waals surface area contributed by atoms with E-state index in [4.69, 9.17) is 17.3 Å². The number of hydrogen-bond acceptors (Lipinski definition) is 1. The van der Waals surface area contributed by atoms with Gasteiger partial charge in [-0.05, 0) is 37.0 Å². The summed E-state index contributed by atoms with van der Waals surface area (Å²) in [7, 11) is 0. The van der Waals surface area contributed by atoms with Crippen molar-refractivity contribution in [3.05, 3.63) is 28.9 Å². The minimum absolute atomic E-state index is 0.656. The first-order chi connectivity index (χ1) is 7.25. The van der Waals surface area contributed by atoms with Crippen LogP contribution >= 0.6 is 11.6 Å². The number of nitrogen functional groups attached to an aromatic ring is 1. The van der Waals surface area contributed by atoms with Crippen LogP contribution in [0.15, 0.2) is 18.2 Å². The molecule has 0 atom stereocenters. The number of anilines is 1. The van der Waals surface area contributed by atoms with Crippen molar-refractivity contribution in [1.29, 1.82) is 0 Å². The average Bonchev–Trinajstić information content (AvgIpc) is 2.53. The Morgan fingerprint density at radius 3 is 2.80 bits per heavy atom. The van der Waals surface area contributed by atoms with Gasteiger partial charge in [-0.15, -0.1) is 0 Å². The summed E-state index contributed by atoms with van der Waals surface area (Å²) in [6.45, 7) is 0. The smallest absolute Gasteiger partial charge is 0.0729 e. The highest BCUT2D eigenvalue weighted by atomic mass is 35.5. The Balaban J connectivity index is 2.16. The van der Waals surface area contributed by atoms with E-state index >= 15 is 0 Å². The van der Waals surface area contributed by atoms with Gasteiger partial charge in [0.15, 0.2) is 0 Å². The molecule has 3 rings (SSSR count). The van der Waals surface area contributed by atoms with Crippen molar-refractivity contribution in [2.24, 2.45) is 0 Å². The zero-order valence-corrected chi connectivity index (χ0v) is 9.14. The van der Waals surface area contributed by atoms with Crippen molar-refractivity contribution in [3.8, 4) is 0 Å². The third-order valence-electron chi connectivity index (χ3n) is 3.33. The van der Waals surface area contributed by atoms with Crippen LogP contribution in [0.25, 0.3) is 10.9 Å². The second-order valence-electron chi connectivity index (χ2n) is 4.28. The van der Waals surface area contributed by atoms with E-state index < -0.39 is 0 Å². The molecule has 1 heterocycles. The molecule has 1 saturated carbocycles. The number of rotatable bonds is 1. The molecule has 15 heavy (non-hydrogen) atoms. The molecule has 78 valence electrons. The highest BCUT2D eigenvalue weighted by Gasteiger charge is 2.21. The lowest BCUT2D eigenvalue weighted by Crippen LogP contribution is -2.08. The number of hydrogen-bond donors (Lipinski definition) is 2. The van der Waals surface area contributed by atoms with E-state index in [1.165, 1.54) is 25.0 Å². The number of fused-ring (bicyclic) bond motifs is 1. The van der Waals surface area contributed by atoms with Crippen LogP contribution in [-0.4, -0.2) is 4.98 Å². The van der Waals surface area contributed by atoms with Gasteiger partial charge in [0, 0.05) is 16.6 Å². The van der Waals surface area contributed by atoms with E-state index in [0.29, 0.717) is 16.6 Å². The summed E-state index contributed by atoms with van der Waals surface area (Å²) >= 11 is 6.16. The first-order valence-electron chi connectivity index (χ1n) is 5.32. The number of H-pyrrole nitrogens is 1. The third kappa shape index (κ3) is 1.32. The largest absolute Gasteiger partial charge is 0.398 e. The molecular formula is C12H13ClN2. The SMILES string of the molecule is Nc1ccc2[nH]c(C3CCC3)cc2c1Cl. The maximum Gasteiger partial charge on any atom is 0.0729 e. The second-order valence-corrected chi connectivity index (χ2v) is 4.66. The normalized spacial score (nSPS) is 16.9. The van der Waals surface area contributed by atoms with E-state index in [1.54, 1.807) is 0 Å². The van der Waals surface area contributed by atoms with Gasteiger partial charge in [-0.25, -0.2) is 0 Å². The lowest BCUT2D eigenvalue weighted by atomic mass is 9.83. The standard InChI is InChI=1S/C12H13ClN2/c13-12-8-6-11(7-2-1-3-7)15-10(8)5-4-9(12)14/h4-7,15H,1-3,14H2. The molecule has 0 bridgehead atoms. The molecule has 0 saturated heterocycles. The third-order valence-corrected chi connectivity index (χ3v) is 3.76. The number of aromatic nitrogens is 1. The van der Waals surface area contributed by atoms with Crippen LogP contribution in [0.3, 0.4) is 0 Å². The van der Waals surface area contributed by atoms with Crippen LogP contribution in [0.5, 0.6) is 0 Å². The predicted octanol–water partition coefficient (Wildman–Crippen LogP) is 3.67. The second kappa shape index (κ2) is 3.17. The van der Waals surface area contributed by atoms with Crippen LogP contribution in [-0.2, 0) is 0 Å². The molecule has 1 aliphatic carbocycles. The molecule has 0 radical (unpaired) electrons. The molecule has 3 N–H and O–H groups in total. The Hall–Kier alpha value is -1.15. The van der Waals surface area contributed by atoms with Crippen LogP contribution in [0, 0.1) is 0 Å². The number of nitrogens with one attached hydrogen (secondary N) is 1. The van der Waals surface area contributed by atoms with Gasteiger partial charge in [0.1, 0.15) is 0 Å². The van der Waals surface area contributed by atoms with Gasteiger partial charge in [0.25, 0.3) is 0 Å². The Morgan fingerprint density at radius 2 is 2.13 bits per heavy atom. The first-order valence-corrected chi connectivity index (χ1v) is 5.70. The molecule has 2 nitrogen and oxygen atoms in total. The fourth-order valence-corrected chi connectivity index (χ4v) is 2.37. The summed E-state index contributed by atoms with van der Waals surface area (Å²) in [4.78, 5) is 3.43. The monoisotopic (exact) mass is 220 g/mol. The fourth-order valence-electron chi connectivity index (χ4n) is 2.15. The molecular weight excluding hydrogens is 208 g/mol. The Labute approximate surface area is 93.4 Å². The van der Waals surface area contributed by atoms with Crippen molar-refractivity contribution < 1.29 is 0 Å². The van der Waals surface area contributed by atoms with Gasteiger partial charge >= 0.3 is 0 Å². The van der Waals surface area contributed by atoms with Crippen molar-refractivity contribution in [1.82, 2.24) is 4.98 Å². The Morgan fingerprint density at radius 1 is 1.33 bits per heavy atom. The van der Waals surface area contributed by atoms with Crippen LogP contribution in [0.2, 0.25) is 5.02 Å². The summed E-state index contributed by atoms with van der Waals surface area (Å²) in [6, 6.07) is 6.00. The van der Waals surface area contributed by atoms with Gasteiger partial charge in [-0.1, -0.05) is 18.0 Å². The molecule has 0 aliphatic heterocycles. The zero-order chi connectivity index (χ0) is 10.4. The topological polar surface area (TPSA) is 41.8 Å². The molecule has 2 aromatic rings. The molecule has 0 unspecified atom stereocenters. The summed E-state index contributed by atoms with van der Waals surface area (Å²) in [5.41, 5.74) is 8.83.